The lowest BCUT2D eigenvalue weighted by Gasteiger charge is -2.09. The van der Waals surface area contributed by atoms with Gasteiger partial charge in [-0.3, -0.25) is 0 Å². The topological polar surface area (TPSA) is 49.3 Å². The first-order valence-corrected chi connectivity index (χ1v) is 4.81. The van der Waals surface area contributed by atoms with Crippen molar-refractivity contribution in [2.75, 3.05) is 0 Å². The third-order valence-electron chi connectivity index (χ3n) is 2.16. The minimum Gasteiger partial charge on any atom is -0.478 e. The lowest BCUT2D eigenvalue weighted by atomic mass is 10.1. The molecule has 0 bridgehead atoms. The number of hydrogen-bond donors (Lipinski definition) is 2. The summed E-state index contributed by atoms with van der Waals surface area (Å²) in [4.78, 5) is 10.7. The van der Waals surface area contributed by atoms with Crippen LogP contribution in [0.2, 0.25) is 0 Å². The molecule has 1 unspecified atom stereocenters. The molecule has 3 heteroatoms. The molecule has 0 aliphatic rings. The van der Waals surface area contributed by atoms with Crippen LogP contribution in [0, 0.1) is 0 Å². The molecule has 1 atom stereocenters. The van der Waals surface area contributed by atoms with Gasteiger partial charge in [-0.2, -0.15) is 0 Å². The van der Waals surface area contributed by atoms with Crippen molar-refractivity contribution < 1.29 is 9.90 Å². The number of benzene rings is 1. The van der Waals surface area contributed by atoms with E-state index in [4.69, 9.17) is 5.11 Å². The summed E-state index contributed by atoms with van der Waals surface area (Å²) in [5.74, 6) is -0.895. The lowest BCUT2D eigenvalue weighted by molar-refractivity contribution is 0.0697. The zero-order valence-corrected chi connectivity index (χ0v) is 8.73. The van der Waals surface area contributed by atoms with E-state index in [0.29, 0.717) is 12.1 Å². The second-order valence-electron chi connectivity index (χ2n) is 3.41. The van der Waals surface area contributed by atoms with Crippen molar-refractivity contribution in [1.29, 1.82) is 0 Å². The first-order chi connectivity index (χ1) is 7.13. The predicted molar refractivity (Wildman–Crippen MR) is 59.9 cm³/mol. The van der Waals surface area contributed by atoms with E-state index in [1.165, 1.54) is 0 Å². The number of carboxylic acids is 1. The monoisotopic (exact) mass is 205 g/mol. The van der Waals surface area contributed by atoms with Crippen molar-refractivity contribution in [3.63, 3.8) is 0 Å². The Morgan fingerprint density at radius 1 is 1.67 bits per heavy atom. The van der Waals surface area contributed by atoms with E-state index in [1.807, 2.05) is 13.0 Å². The summed E-state index contributed by atoms with van der Waals surface area (Å²) in [6, 6.07) is 7.13. The van der Waals surface area contributed by atoms with Crippen molar-refractivity contribution in [3.8, 4) is 0 Å². The zero-order chi connectivity index (χ0) is 11.3. The molecule has 0 saturated heterocycles. The molecule has 1 aromatic rings. The van der Waals surface area contributed by atoms with Crippen molar-refractivity contribution in [2.24, 2.45) is 0 Å². The quantitative estimate of drug-likeness (QED) is 0.723. The highest BCUT2D eigenvalue weighted by molar-refractivity contribution is 5.87. The molecule has 3 nitrogen and oxygen atoms in total. The molecule has 0 heterocycles. The van der Waals surface area contributed by atoms with E-state index in [-0.39, 0.29) is 6.04 Å². The Kier molecular flexibility index (Phi) is 4.06. The highest BCUT2D eigenvalue weighted by Gasteiger charge is 2.03. The number of rotatable bonds is 5. The molecule has 0 fully saturated rings. The van der Waals surface area contributed by atoms with Crippen LogP contribution in [0.1, 0.15) is 22.8 Å². The highest BCUT2D eigenvalue weighted by atomic mass is 16.4. The number of nitrogens with one attached hydrogen (secondary N) is 1. The van der Waals surface area contributed by atoms with Gasteiger partial charge in [0.15, 0.2) is 0 Å². The maximum Gasteiger partial charge on any atom is 0.335 e. The summed E-state index contributed by atoms with van der Waals surface area (Å²) >= 11 is 0. The molecule has 0 aliphatic heterocycles. The average molecular weight is 205 g/mol. The van der Waals surface area contributed by atoms with E-state index < -0.39 is 5.97 Å². The van der Waals surface area contributed by atoms with E-state index >= 15 is 0 Å². The molecule has 0 amide bonds. The Morgan fingerprint density at radius 2 is 2.40 bits per heavy atom. The first-order valence-electron chi connectivity index (χ1n) is 4.81. The molecule has 2 N–H and O–H groups in total. The van der Waals surface area contributed by atoms with Gasteiger partial charge >= 0.3 is 5.97 Å². The van der Waals surface area contributed by atoms with Gasteiger partial charge in [0.25, 0.3) is 0 Å². The van der Waals surface area contributed by atoms with Crippen molar-refractivity contribution >= 4 is 5.97 Å². The molecule has 15 heavy (non-hydrogen) atoms. The minimum atomic E-state index is -0.895. The van der Waals surface area contributed by atoms with Crippen LogP contribution in [0.15, 0.2) is 36.9 Å². The minimum absolute atomic E-state index is 0.221. The largest absolute Gasteiger partial charge is 0.478 e. The normalized spacial score (nSPS) is 12.1. The molecular weight excluding hydrogens is 190 g/mol. The summed E-state index contributed by atoms with van der Waals surface area (Å²) < 4.78 is 0. The fraction of sp³-hybridized carbons (Fsp3) is 0.250. The zero-order valence-electron chi connectivity index (χ0n) is 8.73. The Morgan fingerprint density at radius 3 is 3.00 bits per heavy atom. The van der Waals surface area contributed by atoms with Gasteiger partial charge in [-0.1, -0.05) is 18.2 Å². The summed E-state index contributed by atoms with van der Waals surface area (Å²) in [5, 5.41) is 12.0. The van der Waals surface area contributed by atoms with E-state index in [1.54, 1.807) is 24.3 Å². The van der Waals surface area contributed by atoms with Crippen molar-refractivity contribution in [1.82, 2.24) is 5.32 Å². The number of hydrogen-bond acceptors (Lipinski definition) is 2. The van der Waals surface area contributed by atoms with Gasteiger partial charge in [0.2, 0.25) is 0 Å². The second-order valence-corrected chi connectivity index (χ2v) is 3.41. The molecule has 0 aliphatic carbocycles. The van der Waals surface area contributed by atoms with Gasteiger partial charge in [-0.25, -0.2) is 4.79 Å². The van der Waals surface area contributed by atoms with Crippen LogP contribution in [0.4, 0.5) is 0 Å². The number of aromatic carboxylic acids is 1. The van der Waals surface area contributed by atoms with Gasteiger partial charge in [0.05, 0.1) is 5.56 Å². The van der Waals surface area contributed by atoms with Gasteiger partial charge in [-0.05, 0) is 24.6 Å². The smallest absolute Gasteiger partial charge is 0.335 e. The highest BCUT2D eigenvalue weighted by Crippen LogP contribution is 2.05. The van der Waals surface area contributed by atoms with Crippen LogP contribution in [-0.2, 0) is 6.54 Å². The predicted octanol–water partition coefficient (Wildman–Crippen LogP) is 2.05. The molecule has 80 valence electrons. The van der Waals surface area contributed by atoms with Crippen LogP contribution in [0.5, 0.6) is 0 Å². The van der Waals surface area contributed by atoms with Gasteiger partial charge in [0.1, 0.15) is 0 Å². The third-order valence-corrected chi connectivity index (χ3v) is 2.16. The lowest BCUT2D eigenvalue weighted by Crippen LogP contribution is -2.22. The molecule has 1 aromatic carbocycles. The molecule has 0 radical (unpaired) electrons. The number of carbonyl (C=O) groups is 1. The molecule has 0 aromatic heterocycles. The van der Waals surface area contributed by atoms with Crippen LogP contribution in [0.3, 0.4) is 0 Å². The summed E-state index contributed by atoms with van der Waals surface area (Å²) in [5.41, 5.74) is 1.28. The Bertz CT molecular complexity index is 360. The van der Waals surface area contributed by atoms with Gasteiger partial charge in [-0.15, -0.1) is 6.58 Å². The van der Waals surface area contributed by atoms with Gasteiger partial charge < -0.3 is 10.4 Å². The van der Waals surface area contributed by atoms with Gasteiger partial charge in [0, 0.05) is 12.6 Å². The fourth-order valence-electron chi connectivity index (χ4n) is 1.18. The molecule has 1 rings (SSSR count). The maximum absolute atomic E-state index is 10.7. The maximum atomic E-state index is 10.7. The Labute approximate surface area is 89.4 Å². The van der Waals surface area contributed by atoms with Crippen LogP contribution in [0.25, 0.3) is 0 Å². The summed E-state index contributed by atoms with van der Waals surface area (Å²) in [7, 11) is 0. The van der Waals surface area contributed by atoms with Crippen LogP contribution < -0.4 is 5.32 Å². The van der Waals surface area contributed by atoms with Crippen LogP contribution >= 0.6 is 0 Å². The standard InChI is InChI=1S/C12H15NO2/c1-3-9(2)13-8-10-5-4-6-11(7-10)12(14)15/h3-7,9,13H,1,8H2,2H3,(H,14,15). The van der Waals surface area contributed by atoms with E-state index in [2.05, 4.69) is 11.9 Å². The second kappa shape index (κ2) is 5.32. The van der Waals surface area contributed by atoms with Crippen molar-refractivity contribution in [3.05, 3.63) is 48.0 Å². The van der Waals surface area contributed by atoms with E-state index in [0.717, 1.165) is 5.56 Å². The summed E-state index contributed by atoms with van der Waals surface area (Å²) in [6.07, 6.45) is 1.81. The third kappa shape index (κ3) is 3.56. The Hall–Kier alpha value is -1.61. The Balaban J connectivity index is 2.65. The molecule has 0 spiro atoms. The number of carboxylic acid groups (broad SMARTS) is 1. The van der Waals surface area contributed by atoms with Crippen molar-refractivity contribution in [2.45, 2.75) is 19.5 Å². The molecule has 0 saturated carbocycles. The van der Waals surface area contributed by atoms with Crippen LogP contribution in [-0.4, -0.2) is 17.1 Å². The SMILES string of the molecule is C=CC(C)NCc1cccc(C(=O)O)c1. The van der Waals surface area contributed by atoms with E-state index in [9.17, 15) is 4.79 Å². The molecular formula is C12H15NO2. The first kappa shape index (κ1) is 11.5. The average Bonchev–Trinajstić information content (AvgIpc) is 2.26. The fourth-order valence-corrected chi connectivity index (χ4v) is 1.18. The summed E-state index contributed by atoms with van der Waals surface area (Å²) in [6.45, 7) is 6.30.